The number of fused-ring (bicyclic) bond motifs is 2. The molecule has 0 bridgehead atoms. The lowest BCUT2D eigenvalue weighted by Gasteiger charge is -2.46. The maximum atomic E-state index is 7.39. The lowest BCUT2D eigenvalue weighted by molar-refractivity contribution is 0.124. The third-order valence-corrected chi connectivity index (χ3v) is 11.7. The van der Waals surface area contributed by atoms with Crippen LogP contribution in [-0.4, -0.2) is 37.6 Å². The lowest BCUT2D eigenvalue weighted by atomic mass is 9.63. The van der Waals surface area contributed by atoms with E-state index in [1.807, 2.05) is 19.2 Å². The first-order valence-corrected chi connectivity index (χ1v) is 16.2. The molecule has 41 heavy (non-hydrogen) atoms. The molecule has 0 aromatic heterocycles. The Bertz CT molecular complexity index is 1300. The quantitative estimate of drug-likeness (QED) is 0.181. The average Bonchev–Trinajstić information content (AvgIpc) is 3.38. The molecule has 224 valence electrons. The Morgan fingerprint density at radius 1 is 1.27 bits per heavy atom. The smallest absolute Gasteiger partial charge is 0.0498 e. The van der Waals surface area contributed by atoms with Gasteiger partial charge < -0.3 is 15.5 Å². The van der Waals surface area contributed by atoms with E-state index in [2.05, 4.69) is 89.1 Å². The van der Waals surface area contributed by atoms with Crippen LogP contribution in [0.2, 0.25) is 5.02 Å². The molecule has 0 amide bonds. The van der Waals surface area contributed by atoms with Crippen LogP contribution >= 0.6 is 11.6 Å². The van der Waals surface area contributed by atoms with Gasteiger partial charge in [0.25, 0.3) is 0 Å². The summed E-state index contributed by atoms with van der Waals surface area (Å²) in [7, 11) is 4.14. The van der Waals surface area contributed by atoms with Gasteiger partial charge in [-0.3, -0.25) is 0 Å². The van der Waals surface area contributed by atoms with Crippen molar-refractivity contribution in [1.82, 2.24) is 10.2 Å². The lowest BCUT2D eigenvalue weighted by Crippen LogP contribution is -2.51. The minimum absolute atomic E-state index is 0.0277. The van der Waals surface area contributed by atoms with Gasteiger partial charge in [-0.1, -0.05) is 51.1 Å². The third kappa shape index (κ3) is 5.51. The summed E-state index contributed by atoms with van der Waals surface area (Å²) >= 11 is 7.39. The fraction of sp³-hybridized carbons (Fsp3) is 0.595. The van der Waals surface area contributed by atoms with Crippen molar-refractivity contribution in [3.8, 4) is 0 Å². The molecule has 4 unspecified atom stereocenters. The Labute approximate surface area is 255 Å². The second-order valence-corrected chi connectivity index (χ2v) is 13.9. The highest BCUT2D eigenvalue weighted by atomic mass is 35.5. The van der Waals surface area contributed by atoms with Crippen LogP contribution in [0.15, 0.2) is 47.9 Å². The van der Waals surface area contributed by atoms with E-state index in [9.17, 15) is 0 Å². The number of allylic oxidation sites excluding steroid dienone is 3. The number of likely N-dealkylation sites (N-methyl/N-ethyl adjacent to an activating group) is 1. The SMILES string of the molecule is C=C=Cc1c(C)c2c(c(Cl)c1CCN(C)C/C(C=C)=C(C)/C=C(/C)NC)CC(C)(C1(CC)CCC3(CCC)CC31)N2. The molecule has 4 rings (SSSR count). The number of halogens is 1. The van der Waals surface area contributed by atoms with Gasteiger partial charge in [-0.05, 0) is 142 Å². The van der Waals surface area contributed by atoms with Crippen molar-refractivity contribution in [3.05, 3.63) is 75.2 Å². The summed E-state index contributed by atoms with van der Waals surface area (Å²) in [6, 6.07) is 0. The van der Waals surface area contributed by atoms with Crippen LogP contribution in [0.4, 0.5) is 5.69 Å². The first-order chi connectivity index (χ1) is 19.5. The van der Waals surface area contributed by atoms with Gasteiger partial charge >= 0.3 is 0 Å². The monoisotopic (exact) mass is 575 g/mol. The van der Waals surface area contributed by atoms with E-state index < -0.39 is 0 Å². The molecule has 0 radical (unpaired) electrons. The van der Waals surface area contributed by atoms with Gasteiger partial charge in [-0.15, -0.1) is 5.73 Å². The fourth-order valence-electron chi connectivity index (χ4n) is 8.79. The summed E-state index contributed by atoms with van der Waals surface area (Å²) in [5.74, 6) is 0.841. The van der Waals surface area contributed by atoms with E-state index in [4.69, 9.17) is 11.6 Å². The van der Waals surface area contributed by atoms with Gasteiger partial charge in [0, 0.05) is 42.1 Å². The molecule has 4 atom stereocenters. The Morgan fingerprint density at radius 3 is 2.59 bits per heavy atom. The first kappa shape index (κ1) is 31.7. The molecule has 2 fully saturated rings. The van der Waals surface area contributed by atoms with E-state index in [1.54, 1.807) is 0 Å². The maximum absolute atomic E-state index is 7.39. The zero-order valence-electron chi connectivity index (χ0n) is 27.1. The number of nitrogens with one attached hydrogen (secondary N) is 2. The zero-order valence-corrected chi connectivity index (χ0v) is 27.9. The molecular formula is C37H54ClN3. The van der Waals surface area contributed by atoms with Crippen molar-refractivity contribution >= 4 is 23.4 Å². The fourth-order valence-corrected chi connectivity index (χ4v) is 9.14. The zero-order chi connectivity index (χ0) is 30.2. The van der Waals surface area contributed by atoms with Crippen LogP contribution in [-0.2, 0) is 12.8 Å². The minimum Gasteiger partial charge on any atom is -0.392 e. The highest BCUT2D eigenvalue weighted by Crippen LogP contribution is 2.77. The number of hydrogen-bond acceptors (Lipinski definition) is 3. The molecular weight excluding hydrogens is 522 g/mol. The van der Waals surface area contributed by atoms with Crippen LogP contribution < -0.4 is 10.6 Å². The number of anilines is 1. The molecule has 2 N–H and O–H groups in total. The van der Waals surface area contributed by atoms with E-state index in [0.29, 0.717) is 10.8 Å². The van der Waals surface area contributed by atoms with Crippen molar-refractivity contribution in [1.29, 1.82) is 0 Å². The van der Waals surface area contributed by atoms with Crippen molar-refractivity contribution in [2.24, 2.45) is 16.7 Å². The molecule has 1 aromatic rings. The Morgan fingerprint density at radius 2 is 2.00 bits per heavy atom. The Hall–Kier alpha value is -2.19. The molecule has 1 aromatic carbocycles. The summed E-state index contributed by atoms with van der Waals surface area (Å²) in [6.45, 7) is 23.6. The topological polar surface area (TPSA) is 27.3 Å². The third-order valence-electron chi connectivity index (χ3n) is 11.3. The predicted molar refractivity (Wildman–Crippen MR) is 180 cm³/mol. The van der Waals surface area contributed by atoms with Gasteiger partial charge in [0.1, 0.15) is 0 Å². The Kier molecular flexibility index (Phi) is 9.44. The molecule has 3 aliphatic rings. The second-order valence-electron chi connectivity index (χ2n) is 13.5. The standard InChI is InChI=1S/C37H54ClN3/c1-11-15-29-27(7)34-31(22-35(8,40-34)37(14-4)19-18-36(17-12-2)23-32(36)37)33(38)30(29)16-20-41(10)24-28(13-3)25(5)21-26(6)39-9/h13,15,21,32,39-40H,1,3,12,14,16-20,22-24H2,2,4-10H3/b26-21-,28-25+. The van der Waals surface area contributed by atoms with E-state index >= 15 is 0 Å². The number of benzene rings is 1. The molecule has 0 saturated heterocycles. The van der Waals surface area contributed by atoms with Crippen LogP contribution in [0.3, 0.4) is 0 Å². The first-order valence-electron chi connectivity index (χ1n) is 15.8. The van der Waals surface area contributed by atoms with Crippen LogP contribution in [0, 0.1) is 23.7 Å². The van der Waals surface area contributed by atoms with Crippen LogP contribution in [0.5, 0.6) is 0 Å². The summed E-state index contributed by atoms with van der Waals surface area (Å²) in [6.07, 6.45) is 16.2. The van der Waals surface area contributed by atoms with Crippen molar-refractivity contribution in [3.63, 3.8) is 0 Å². The molecule has 1 aliphatic heterocycles. The van der Waals surface area contributed by atoms with Gasteiger partial charge in [0.15, 0.2) is 0 Å². The average molecular weight is 576 g/mol. The molecule has 3 nitrogen and oxygen atoms in total. The van der Waals surface area contributed by atoms with Crippen LogP contribution in [0.1, 0.15) is 95.4 Å². The largest absolute Gasteiger partial charge is 0.392 e. The van der Waals surface area contributed by atoms with Crippen molar-refractivity contribution in [2.75, 3.05) is 32.5 Å². The highest BCUT2D eigenvalue weighted by molar-refractivity contribution is 6.33. The number of nitrogens with zero attached hydrogens (tertiary/aromatic N) is 1. The number of hydrogen-bond donors (Lipinski definition) is 2. The normalized spacial score (nSPS) is 28.9. The van der Waals surface area contributed by atoms with E-state index in [1.165, 1.54) is 77.6 Å². The molecule has 1 heterocycles. The highest BCUT2D eigenvalue weighted by Gasteiger charge is 2.71. The maximum Gasteiger partial charge on any atom is 0.0498 e. The minimum atomic E-state index is 0.0277. The van der Waals surface area contributed by atoms with E-state index in [0.717, 1.165) is 42.6 Å². The molecule has 0 spiro atoms. The second kappa shape index (κ2) is 12.2. The summed E-state index contributed by atoms with van der Waals surface area (Å²) in [5.41, 5.74) is 13.9. The van der Waals surface area contributed by atoms with E-state index in [-0.39, 0.29) is 5.54 Å². The van der Waals surface area contributed by atoms with Gasteiger partial charge in [0.05, 0.1) is 0 Å². The summed E-state index contributed by atoms with van der Waals surface area (Å²) < 4.78 is 0. The van der Waals surface area contributed by atoms with Crippen molar-refractivity contribution in [2.45, 2.75) is 98.4 Å². The summed E-state index contributed by atoms with van der Waals surface area (Å²) in [5, 5.41) is 8.29. The Balaban J connectivity index is 1.61. The van der Waals surface area contributed by atoms with Gasteiger partial charge in [-0.2, -0.15) is 0 Å². The predicted octanol–water partition coefficient (Wildman–Crippen LogP) is 9.27. The van der Waals surface area contributed by atoms with Crippen molar-refractivity contribution < 1.29 is 0 Å². The van der Waals surface area contributed by atoms with Gasteiger partial charge in [-0.25, -0.2) is 0 Å². The van der Waals surface area contributed by atoms with Crippen LogP contribution in [0.25, 0.3) is 6.08 Å². The molecule has 4 heteroatoms. The number of rotatable bonds is 13. The van der Waals surface area contributed by atoms with Gasteiger partial charge in [0.2, 0.25) is 0 Å². The summed E-state index contributed by atoms with van der Waals surface area (Å²) in [4.78, 5) is 2.37. The molecule has 2 saturated carbocycles. The molecule has 2 aliphatic carbocycles.